The average Bonchev–Trinajstić information content (AvgIpc) is 3.07. The summed E-state index contributed by atoms with van der Waals surface area (Å²) in [5.74, 6) is 0. The van der Waals surface area contributed by atoms with Crippen molar-refractivity contribution >= 4 is 12.2 Å². The smallest absolute Gasteiger partial charge is 0.426 e. The summed E-state index contributed by atoms with van der Waals surface area (Å²) < 4.78 is 5.77. The van der Waals surface area contributed by atoms with E-state index in [2.05, 4.69) is 5.32 Å². The summed E-state index contributed by atoms with van der Waals surface area (Å²) in [6.45, 7) is 4.76. The van der Waals surface area contributed by atoms with Crippen molar-refractivity contribution in [2.24, 2.45) is 0 Å². The number of benzene rings is 2. The molecule has 7 heteroatoms. The van der Waals surface area contributed by atoms with Gasteiger partial charge in [0, 0.05) is 39.0 Å². The SMILES string of the molecule is Cc1ccc(CN2CC3(CCN(OC(=O)NCCc4ccccc4)CC3)OC2=O)cc1. The lowest BCUT2D eigenvalue weighted by molar-refractivity contribution is -0.142. The van der Waals surface area contributed by atoms with E-state index in [4.69, 9.17) is 9.57 Å². The highest BCUT2D eigenvalue weighted by Gasteiger charge is 2.47. The van der Waals surface area contributed by atoms with Crippen molar-refractivity contribution in [2.75, 3.05) is 26.2 Å². The molecule has 1 spiro atoms. The van der Waals surface area contributed by atoms with E-state index in [9.17, 15) is 9.59 Å². The summed E-state index contributed by atoms with van der Waals surface area (Å²) in [6.07, 6.45) is 1.32. The van der Waals surface area contributed by atoms with Gasteiger partial charge in [-0.3, -0.25) is 4.90 Å². The summed E-state index contributed by atoms with van der Waals surface area (Å²) in [7, 11) is 0. The van der Waals surface area contributed by atoms with Gasteiger partial charge in [-0.15, -0.1) is 5.06 Å². The molecule has 1 N–H and O–H groups in total. The van der Waals surface area contributed by atoms with Crippen molar-refractivity contribution in [1.82, 2.24) is 15.3 Å². The van der Waals surface area contributed by atoms with Gasteiger partial charge >= 0.3 is 12.2 Å². The van der Waals surface area contributed by atoms with Crippen LogP contribution in [0.1, 0.15) is 29.5 Å². The number of ether oxygens (including phenoxy) is 1. The van der Waals surface area contributed by atoms with Crippen LogP contribution in [0.25, 0.3) is 0 Å². The molecule has 0 unspecified atom stereocenters. The zero-order valence-corrected chi connectivity index (χ0v) is 17.9. The first-order valence-electron chi connectivity index (χ1n) is 10.8. The minimum Gasteiger partial charge on any atom is -0.441 e. The number of piperidine rings is 1. The zero-order chi connectivity index (χ0) is 21.7. The van der Waals surface area contributed by atoms with Crippen LogP contribution in [-0.2, 0) is 22.5 Å². The Kier molecular flexibility index (Phi) is 6.42. The first kappa shape index (κ1) is 21.2. The lowest BCUT2D eigenvalue weighted by atomic mass is 9.92. The molecule has 7 nitrogen and oxygen atoms in total. The molecule has 2 aliphatic heterocycles. The molecular weight excluding hydrogens is 394 g/mol. The Hall–Kier alpha value is -3.06. The van der Waals surface area contributed by atoms with E-state index in [0.717, 1.165) is 12.0 Å². The second-order valence-electron chi connectivity index (χ2n) is 8.36. The monoisotopic (exact) mass is 423 g/mol. The Labute approximate surface area is 182 Å². The molecule has 0 radical (unpaired) electrons. The normalized spacial score (nSPS) is 18.1. The zero-order valence-electron chi connectivity index (χ0n) is 17.9. The van der Waals surface area contributed by atoms with E-state index in [0.29, 0.717) is 45.6 Å². The van der Waals surface area contributed by atoms with Crippen LogP contribution in [0.4, 0.5) is 9.59 Å². The summed E-state index contributed by atoms with van der Waals surface area (Å²) in [5, 5.41) is 4.44. The van der Waals surface area contributed by atoms with Gasteiger partial charge in [-0.05, 0) is 24.5 Å². The van der Waals surface area contributed by atoms with Crippen LogP contribution in [0.3, 0.4) is 0 Å². The number of hydroxylamine groups is 2. The lowest BCUT2D eigenvalue weighted by Crippen LogP contribution is -2.48. The van der Waals surface area contributed by atoms with Crippen molar-refractivity contribution in [1.29, 1.82) is 0 Å². The maximum absolute atomic E-state index is 12.4. The third-order valence-electron chi connectivity index (χ3n) is 5.91. The predicted molar refractivity (Wildman–Crippen MR) is 116 cm³/mol. The van der Waals surface area contributed by atoms with Gasteiger partial charge in [-0.2, -0.15) is 0 Å². The van der Waals surface area contributed by atoms with Crippen LogP contribution in [0.2, 0.25) is 0 Å². The minimum atomic E-state index is -0.495. The number of nitrogens with one attached hydrogen (secondary N) is 1. The van der Waals surface area contributed by atoms with Gasteiger partial charge in [0.15, 0.2) is 0 Å². The molecule has 0 aliphatic carbocycles. The maximum Gasteiger partial charge on any atom is 0.426 e. The second kappa shape index (κ2) is 9.39. The van der Waals surface area contributed by atoms with E-state index in [1.165, 1.54) is 11.1 Å². The molecule has 2 heterocycles. The van der Waals surface area contributed by atoms with Gasteiger partial charge in [-0.1, -0.05) is 60.2 Å². The minimum absolute atomic E-state index is 0.270. The van der Waals surface area contributed by atoms with Crippen LogP contribution in [0, 0.1) is 6.92 Å². The van der Waals surface area contributed by atoms with E-state index >= 15 is 0 Å². The highest BCUT2D eigenvalue weighted by molar-refractivity contribution is 5.71. The standard InChI is InChI=1S/C24H29N3O4/c1-19-7-9-21(10-8-19)17-26-18-24(30-23(26)29)12-15-27(16-13-24)31-22(28)25-14-11-20-5-3-2-4-6-20/h2-10H,11-18H2,1H3,(H,25,28). The van der Waals surface area contributed by atoms with Crippen molar-refractivity contribution in [3.63, 3.8) is 0 Å². The molecule has 4 rings (SSSR count). The van der Waals surface area contributed by atoms with E-state index in [-0.39, 0.29) is 6.09 Å². The molecule has 2 aromatic carbocycles. The van der Waals surface area contributed by atoms with E-state index in [1.54, 1.807) is 9.96 Å². The summed E-state index contributed by atoms with van der Waals surface area (Å²) in [4.78, 5) is 31.7. The molecule has 2 aromatic rings. The third kappa shape index (κ3) is 5.55. The third-order valence-corrected chi connectivity index (χ3v) is 5.91. The molecule has 0 bridgehead atoms. The van der Waals surface area contributed by atoms with Crippen LogP contribution in [0.5, 0.6) is 0 Å². The van der Waals surface area contributed by atoms with Crippen molar-refractivity contribution in [3.05, 3.63) is 71.3 Å². The Morgan fingerprint density at radius 3 is 2.48 bits per heavy atom. The predicted octanol–water partition coefficient (Wildman–Crippen LogP) is 3.67. The molecule has 0 atom stereocenters. The highest BCUT2D eigenvalue weighted by Crippen LogP contribution is 2.34. The molecule has 2 aliphatic rings. The molecule has 2 amide bonds. The molecule has 164 valence electrons. The van der Waals surface area contributed by atoms with Gasteiger partial charge in [-0.25, -0.2) is 9.59 Å². The number of nitrogens with zero attached hydrogens (tertiary/aromatic N) is 2. The number of carbonyl (C=O) groups excluding carboxylic acids is 2. The van der Waals surface area contributed by atoms with Gasteiger partial charge in [0.2, 0.25) is 0 Å². The fourth-order valence-electron chi connectivity index (χ4n) is 4.08. The average molecular weight is 424 g/mol. The van der Waals surface area contributed by atoms with Crippen molar-refractivity contribution < 1.29 is 19.2 Å². The quantitative estimate of drug-likeness (QED) is 0.768. The van der Waals surface area contributed by atoms with Crippen LogP contribution in [0.15, 0.2) is 54.6 Å². The number of hydrogen-bond donors (Lipinski definition) is 1. The number of hydrogen-bond acceptors (Lipinski definition) is 5. The van der Waals surface area contributed by atoms with Crippen molar-refractivity contribution in [3.8, 4) is 0 Å². The Morgan fingerprint density at radius 2 is 1.77 bits per heavy atom. The van der Waals surface area contributed by atoms with Gasteiger partial charge in [0.25, 0.3) is 0 Å². The first-order valence-corrected chi connectivity index (χ1v) is 10.8. The largest absolute Gasteiger partial charge is 0.441 e. The second-order valence-corrected chi connectivity index (χ2v) is 8.36. The first-order chi connectivity index (χ1) is 15.0. The molecule has 2 fully saturated rings. The molecule has 0 saturated carbocycles. The van der Waals surface area contributed by atoms with Crippen molar-refractivity contribution in [2.45, 2.75) is 38.3 Å². The summed E-state index contributed by atoms with van der Waals surface area (Å²) in [5.41, 5.74) is 2.96. The lowest BCUT2D eigenvalue weighted by Gasteiger charge is -2.36. The molecule has 2 saturated heterocycles. The summed E-state index contributed by atoms with van der Waals surface area (Å²) >= 11 is 0. The topological polar surface area (TPSA) is 71.1 Å². The van der Waals surface area contributed by atoms with E-state index < -0.39 is 11.7 Å². The van der Waals surface area contributed by atoms with Crippen LogP contribution < -0.4 is 5.32 Å². The Morgan fingerprint density at radius 1 is 1.06 bits per heavy atom. The summed E-state index contributed by atoms with van der Waals surface area (Å²) in [6, 6.07) is 18.2. The number of aryl methyl sites for hydroxylation is 1. The van der Waals surface area contributed by atoms with Gasteiger partial charge in [0.05, 0.1) is 6.54 Å². The fourth-order valence-corrected chi connectivity index (χ4v) is 4.08. The van der Waals surface area contributed by atoms with Gasteiger partial charge in [0.1, 0.15) is 5.60 Å². The van der Waals surface area contributed by atoms with E-state index in [1.807, 2.05) is 61.5 Å². The highest BCUT2D eigenvalue weighted by atomic mass is 16.7. The Bertz CT molecular complexity index is 893. The molecule has 0 aromatic heterocycles. The Balaban J connectivity index is 1.20. The molecule has 31 heavy (non-hydrogen) atoms. The van der Waals surface area contributed by atoms with Crippen LogP contribution >= 0.6 is 0 Å². The number of rotatable bonds is 6. The molecular formula is C24H29N3O4. The number of amides is 2. The maximum atomic E-state index is 12.4. The number of carbonyl (C=O) groups is 2. The fraction of sp³-hybridized carbons (Fsp3) is 0.417. The van der Waals surface area contributed by atoms with Gasteiger partial charge < -0.3 is 14.9 Å². The van der Waals surface area contributed by atoms with Crippen LogP contribution in [-0.4, -0.2) is 53.9 Å².